The smallest absolute Gasteiger partial charge is 0.0205 e. The van der Waals surface area contributed by atoms with Gasteiger partial charge in [-0.1, -0.05) is 70.9 Å². The predicted molar refractivity (Wildman–Crippen MR) is 73.6 cm³/mol. The van der Waals surface area contributed by atoms with E-state index in [4.69, 9.17) is 0 Å². The summed E-state index contributed by atoms with van der Waals surface area (Å²) in [6.45, 7) is 10.9. The summed E-state index contributed by atoms with van der Waals surface area (Å²) in [5, 5.41) is 3.45. The van der Waals surface area contributed by atoms with Gasteiger partial charge >= 0.3 is 0 Å². The van der Waals surface area contributed by atoms with Gasteiger partial charge in [-0.3, -0.25) is 0 Å². The quantitative estimate of drug-likeness (QED) is 0.784. The lowest BCUT2D eigenvalue weighted by Crippen LogP contribution is -2.20. The summed E-state index contributed by atoms with van der Waals surface area (Å²) < 4.78 is 0. The lowest BCUT2D eigenvalue weighted by Gasteiger charge is -2.09. The van der Waals surface area contributed by atoms with E-state index < -0.39 is 0 Å². The van der Waals surface area contributed by atoms with Crippen LogP contribution < -0.4 is 5.32 Å². The molecule has 1 atom stereocenters. The first-order chi connectivity index (χ1) is 7.74. The summed E-state index contributed by atoms with van der Waals surface area (Å²) in [6.07, 6.45) is 2.50. The molecule has 16 heavy (non-hydrogen) atoms. The highest BCUT2D eigenvalue weighted by molar-refractivity contribution is 5.14. The fourth-order valence-electron chi connectivity index (χ4n) is 1.20. The van der Waals surface area contributed by atoms with Crippen molar-refractivity contribution in [1.82, 2.24) is 5.32 Å². The molecule has 0 fully saturated rings. The molecule has 1 unspecified atom stereocenters. The summed E-state index contributed by atoms with van der Waals surface area (Å²) in [5.74, 6) is 0.781. The minimum absolute atomic E-state index is 0.781. The second-order valence-electron chi connectivity index (χ2n) is 4.34. The average Bonchev–Trinajstić information content (AvgIpc) is 2.31. The zero-order chi connectivity index (χ0) is 12.2. The molecule has 0 bridgehead atoms. The molecule has 0 aliphatic rings. The van der Waals surface area contributed by atoms with Gasteiger partial charge in [0.1, 0.15) is 0 Å². The highest BCUT2D eigenvalue weighted by atomic mass is 14.8. The van der Waals surface area contributed by atoms with E-state index >= 15 is 0 Å². The number of benzene rings is 1. The lowest BCUT2D eigenvalue weighted by atomic mass is 10.1. The van der Waals surface area contributed by atoms with Crippen molar-refractivity contribution in [2.45, 2.75) is 47.1 Å². The van der Waals surface area contributed by atoms with Crippen LogP contribution in [0.1, 0.15) is 46.1 Å². The molecule has 0 aliphatic carbocycles. The molecule has 92 valence electrons. The van der Waals surface area contributed by atoms with Crippen molar-refractivity contribution in [3.8, 4) is 0 Å². The molecule has 0 saturated heterocycles. The van der Waals surface area contributed by atoms with Gasteiger partial charge in [0.2, 0.25) is 0 Å². The maximum atomic E-state index is 3.45. The normalized spacial score (nSPS) is 11.5. The molecule has 0 aliphatic heterocycles. The highest BCUT2D eigenvalue weighted by Crippen LogP contribution is 2.00. The zero-order valence-electron chi connectivity index (χ0n) is 11.3. The molecular weight excluding hydrogens is 194 g/mol. The predicted octanol–water partition coefficient (Wildman–Crippen LogP) is 4.24. The third-order valence-electron chi connectivity index (χ3n) is 2.36. The van der Waals surface area contributed by atoms with E-state index in [0.717, 1.165) is 19.0 Å². The molecule has 0 radical (unpaired) electrons. The van der Waals surface area contributed by atoms with Gasteiger partial charge < -0.3 is 5.32 Å². The molecule has 0 spiro atoms. The number of nitrogens with one attached hydrogen (secondary N) is 1. The Kier molecular flexibility index (Phi) is 10.1. The van der Waals surface area contributed by atoms with Crippen LogP contribution in [0.15, 0.2) is 30.3 Å². The van der Waals surface area contributed by atoms with E-state index in [2.05, 4.69) is 63.3 Å². The monoisotopic (exact) mass is 221 g/mol. The molecule has 1 aromatic carbocycles. The van der Waals surface area contributed by atoms with Crippen LogP contribution >= 0.6 is 0 Å². The molecule has 1 heteroatoms. The lowest BCUT2D eigenvalue weighted by molar-refractivity contribution is 0.500. The second kappa shape index (κ2) is 10.7. The average molecular weight is 221 g/mol. The molecule has 0 amide bonds. The molecule has 1 rings (SSSR count). The van der Waals surface area contributed by atoms with Gasteiger partial charge in [-0.15, -0.1) is 0 Å². The van der Waals surface area contributed by atoms with Crippen LogP contribution in [-0.2, 0) is 6.54 Å². The van der Waals surface area contributed by atoms with Crippen LogP contribution in [-0.4, -0.2) is 6.54 Å². The van der Waals surface area contributed by atoms with Gasteiger partial charge in [0.15, 0.2) is 0 Å². The number of hydrogen-bond donors (Lipinski definition) is 1. The molecular formula is C15H27N. The summed E-state index contributed by atoms with van der Waals surface area (Å²) in [7, 11) is 0. The molecule has 1 nitrogen and oxygen atoms in total. The van der Waals surface area contributed by atoms with Gasteiger partial charge in [0.25, 0.3) is 0 Å². The Morgan fingerprint density at radius 1 is 1.06 bits per heavy atom. The summed E-state index contributed by atoms with van der Waals surface area (Å²) in [6, 6.07) is 10.5. The van der Waals surface area contributed by atoms with Gasteiger partial charge in [0, 0.05) is 6.54 Å². The highest BCUT2D eigenvalue weighted by Gasteiger charge is 1.97. The summed E-state index contributed by atoms with van der Waals surface area (Å²) >= 11 is 0. The van der Waals surface area contributed by atoms with Crippen molar-refractivity contribution in [3.63, 3.8) is 0 Å². The van der Waals surface area contributed by atoms with Crippen LogP contribution in [0.3, 0.4) is 0 Å². The van der Waals surface area contributed by atoms with Crippen molar-refractivity contribution in [1.29, 1.82) is 0 Å². The molecule has 1 N–H and O–H groups in total. The van der Waals surface area contributed by atoms with E-state index in [-0.39, 0.29) is 0 Å². The van der Waals surface area contributed by atoms with E-state index in [1.54, 1.807) is 0 Å². The first kappa shape index (κ1) is 15.2. The summed E-state index contributed by atoms with van der Waals surface area (Å²) in [4.78, 5) is 0. The SMILES string of the molecule is CCC.CCC(C)CNCc1ccccc1. The Morgan fingerprint density at radius 2 is 1.62 bits per heavy atom. The van der Waals surface area contributed by atoms with Crippen LogP contribution in [0, 0.1) is 5.92 Å². The minimum Gasteiger partial charge on any atom is -0.312 e. The van der Waals surface area contributed by atoms with Crippen molar-refractivity contribution in [3.05, 3.63) is 35.9 Å². The van der Waals surface area contributed by atoms with Crippen molar-refractivity contribution < 1.29 is 0 Å². The fourth-order valence-corrected chi connectivity index (χ4v) is 1.20. The van der Waals surface area contributed by atoms with E-state index in [9.17, 15) is 0 Å². The maximum Gasteiger partial charge on any atom is 0.0205 e. The maximum absolute atomic E-state index is 3.45. The molecule has 0 saturated carbocycles. The van der Waals surface area contributed by atoms with Crippen molar-refractivity contribution >= 4 is 0 Å². The Morgan fingerprint density at radius 3 is 2.12 bits per heavy atom. The van der Waals surface area contributed by atoms with Crippen LogP contribution in [0.2, 0.25) is 0 Å². The number of rotatable bonds is 5. The first-order valence-corrected chi connectivity index (χ1v) is 6.49. The molecule has 1 aromatic rings. The Bertz CT molecular complexity index is 230. The van der Waals surface area contributed by atoms with Gasteiger partial charge in [-0.25, -0.2) is 0 Å². The van der Waals surface area contributed by atoms with Crippen molar-refractivity contribution in [2.24, 2.45) is 5.92 Å². The minimum atomic E-state index is 0.781. The second-order valence-corrected chi connectivity index (χ2v) is 4.34. The van der Waals surface area contributed by atoms with E-state index in [1.807, 2.05) is 0 Å². The topological polar surface area (TPSA) is 12.0 Å². The third kappa shape index (κ3) is 8.49. The zero-order valence-corrected chi connectivity index (χ0v) is 11.3. The fraction of sp³-hybridized carbons (Fsp3) is 0.600. The van der Waals surface area contributed by atoms with E-state index in [0.29, 0.717) is 0 Å². The van der Waals surface area contributed by atoms with E-state index in [1.165, 1.54) is 18.4 Å². The third-order valence-corrected chi connectivity index (χ3v) is 2.36. The molecule has 0 heterocycles. The van der Waals surface area contributed by atoms with Gasteiger partial charge in [-0.05, 0) is 18.0 Å². The van der Waals surface area contributed by atoms with Gasteiger partial charge in [0.05, 0.1) is 0 Å². The van der Waals surface area contributed by atoms with Crippen LogP contribution in [0.5, 0.6) is 0 Å². The van der Waals surface area contributed by atoms with Gasteiger partial charge in [-0.2, -0.15) is 0 Å². The van der Waals surface area contributed by atoms with Crippen LogP contribution in [0.25, 0.3) is 0 Å². The summed E-state index contributed by atoms with van der Waals surface area (Å²) in [5.41, 5.74) is 1.37. The number of hydrogen-bond acceptors (Lipinski definition) is 1. The Hall–Kier alpha value is -0.820. The standard InChI is InChI=1S/C12H19N.C3H8/c1-3-11(2)9-13-10-12-7-5-4-6-8-12;1-3-2/h4-8,11,13H,3,9-10H2,1-2H3;3H2,1-2H3. The Balaban J connectivity index is 0.000000673. The Labute approximate surface area is 101 Å². The van der Waals surface area contributed by atoms with Crippen molar-refractivity contribution in [2.75, 3.05) is 6.54 Å². The largest absolute Gasteiger partial charge is 0.312 e. The molecule has 0 aromatic heterocycles. The first-order valence-electron chi connectivity index (χ1n) is 6.49. The van der Waals surface area contributed by atoms with Crippen LogP contribution in [0.4, 0.5) is 0 Å².